The van der Waals surface area contributed by atoms with Crippen LogP contribution in [0.25, 0.3) is 0 Å². The molecule has 0 bridgehead atoms. The van der Waals surface area contributed by atoms with Gasteiger partial charge in [0.25, 0.3) is 0 Å². The van der Waals surface area contributed by atoms with Gasteiger partial charge in [-0.2, -0.15) is 0 Å². The van der Waals surface area contributed by atoms with Crippen LogP contribution in [0.5, 0.6) is 0 Å². The van der Waals surface area contributed by atoms with E-state index in [0.717, 1.165) is 12.8 Å². The van der Waals surface area contributed by atoms with E-state index >= 15 is 0 Å². The maximum atomic E-state index is 11.1. The highest BCUT2D eigenvalue weighted by Gasteiger charge is 2.02. The van der Waals surface area contributed by atoms with Gasteiger partial charge in [-0.3, -0.25) is 0 Å². The van der Waals surface area contributed by atoms with E-state index in [1.165, 1.54) is 0 Å². The fraction of sp³-hybridized carbons (Fsp3) is 0.909. The largest absolute Gasteiger partial charge is 0.447 e. The van der Waals surface area contributed by atoms with Gasteiger partial charge in [0.15, 0.2) is 6.29 Å². The average molecular weight is 233 g/mol. The van der Waals surface area contributed by atoms with Gasteiger partial charge in [-0.05, 0) is 20.3 Å². The third-order valence-electron chi connectivity index (χ3n) is 1.87. The molecular weight excluding hydrogens is 210 g/mol. The molecule has 0 aliphatic heterocycles. The number of amides is 1. The number of alkyl carbamates (subject to hydrolysis) is 1. The predicted octanol–water partition coefficient (Wildman–Crippen LogP) is 1.91. The van der Waals surface area contributed by atoms with Crippen molar-refractivity contribution >= 4 is 6.09 Å². The standard InChI is InChI=1S/C11H23NO4/c1-4-6-7-12-11(13)16-9-8-15-10(3)14-5-2/h10H,4-9H2,1-3H3,(H,12,13). The maximum absolute atomic E-state index is 11.1. The van der Waals surface area contributed by atoms with Gasteiger partial charge >= 0.3 is 6.09 Å². The van der Waals surface area contributed by atoms with E-state index < -0.39 is 0 Å². The minimum Gasteiger partial charge on any atom is -0.447 e. The van der Waals surface area contributed by atoms with Crippen molar-refractivity contribution in [2.45, 2.75) is 39.9 Å². The van der Waals surface area contributed by atoms with Gasteiger partial charge < -0.3 is 19.5 Å². The second kappa shape index (κ2) is 10.7. The van der Waals surface area contributed by atoms with Crippen LogP contribution in [0, 0.1) is 0 Å². The lowest BCUT2D eigenvalue weighted by Gasteiger charge is -2.12. The smallest absolute Gasteiger partial charge is 0.407 e. The van der Waals surface area contributed by atoms with E-state index in [9.17, 15) is 4.79 Å². The molecule has 1 unspecified atom stereocenters. The first-order valence-electron chi connectivity index (χ1n) is 5.84. The Morgan fingerprint density at radius 3 is 2.62 bits per heavy atom. The van der Waals surface area contributed by atoms with Gasteiger partial charge in [-0.25, -0.2) is 4.79 Å². The lowest BCUT2D eigenvalue weighted by Crippen LogP contribution is -2.27. The molecule has 1 atom stereocenters. The molecule has 0 fully saturated rings. The van der Waals surface area contributed by atoms with Gasteiger partial charge in [0, 0.05) is 13.2 Å². The zero-order valence-electron chi connectivity index (χ0n) is 10.5. The zero-order chi connectivity index (χ0) is 12.2. The molecule has 0 aliphatic rings. The number of hydrogen-bond acceptors (Lipinski definition) is 4. The van der Waals surface area contributed by atoms with Crippen LogP contribution in [0.3, 0.4) is 0 Å². The van der Waals surface area contributed by atoms with Gasteiger partial charge in [-0.1, -0.05) is 13.3 Å². The summed E-state index contributed by atoms with van der Waals surface area (Å²) in [5, 5.41) is 2.65. The molecule has 16 heavy (non-hydrogen) atoms. The summed E-state index contributed by atoms with van der Waals surface area (Å²) in [5.74, 6) is 0. The van der Waals surface area contributed by atoms with Crippen LogP contribution >= 0.6 is 0 Å². The summed E-state index contributed by atoms with van der Waals surface area (Å²) in [4.78, 5) is 11.1. The second-order valence-corrected chi connectivity index (χ2v) is 3.31. The molecule has 0 aromatic heterocycles. The highest BCUT2D eigenvalue weighted by molar-refractivity contribution is 5.66. The predicted molar refractivity (Wildman–Crippen MR) is 61.3 cm³/mol. The fourth-order valence-electron chi connectivity index (χ4n) is 1.05. The van der Waals surface area contributed by atoms with Gasteiger partial charge in [0.2, 0.25) is 0 Å². The fourth-order valence-corrected chi connectivity index (χ4v) is 1.05. The highest BCUT2D eigenvalue weighted by atomic mass is 16.7. The first-order chi connectivity index (χ1) is 7.70. The van der Waals surface area contributed by atoms with Crippen LogP contribution in [-0.2, 0) is 14.2 Å². The molecule has 1 N–H and O–H groups in total. The van der Waals surface area contributed by atoms with Crippen LogP contribution in [-0.4, -0.2) is 38.7 Å². The van der Waals surface area contributed by atoms with Crippen molar-refractivity contribution in [1.29, 1.82) is 0 Å². The van der Waals surface area contributed by atoms with Gasteiger partial charge in [-0.15, -0.1) is 0 Å². The summed E-state index contributed by atoms with van der Waals surface area (Å²) >= 11 is 0. The Kier molecular flexibility index (Phi) is 10.2. The minimum absolute atomic E-state index is 0.245. The lowest BCUT2D eigenvalue weighted by molar-refractivity contribution is -0.132. The minimum atomic E-state index is -0.388. The van der Waals surface area contributed by atoms with Crippen molar-refractivity contribution < 1.29 is 19.0 Å². The molecule has 0 aromatic carbocycles. The average Bonchev–Trinajstić information content (AvgIpc) is 2.25. The number of carbonyl (C=O) groups is 1. The number of carbonyl (C=O) groups excluding carboxylic acids is 1. The Labute approximate surface area is 97.4 Å². The van der Waals surface area contributed by atoms with Crippen molar-refractivity contribution in [3.8, 4) is 0 Å². The molecule has 5 heteroatoms. The van der Waals surface area contributed by atoms with E-state index in [2.05, 4.69) is 12.2 Å². The monoisotopic (exact) mass is 233 g/mol. The van der Waals surface area contributed by atoms with Gasteiger partial charge in [0.1, 0.15) is 6.61 Å². The molecule has 0 heterocycles. The topological polar surface area (TPSA) is 56.8 Å². The summed E-state index contributed by atoms with van der Waals surface area (Å²) in [7, 11) is 0. The van der Waals surface area contributed by atoms with Crippen molar-refractivity contribution in [2.24, 2.45) is 0 Å². The molecule has 0 radical (unpaired) electrons. The molecule has 5 nitrogen and oxygen atoms in total. The Morgan fingerprint density at radius 2 is 2.00 bits per heavy atom. The van der Waals surface area contributed by atoms with Crippen LogP contribution in [0.15, 0.2) is 0 Å². The van der Waals surface area contributed by atoms with E-state index in [0.29, 0.717) is 19.8 Å². The summed E-state index contributed by atoms with van der Waals surface area (Å²) in [6.45, 7) is 7.64. The highest BCUT2D eigenvalue weighted by Crippen LogP contribution is 1.92. The van der Waals surface area contributed by atoms with E-state index in [-0.39, 0.29) is 19.0 Å². The quantitative estimate of drug-likeness (QED) is 0.488. The molecule has 0 aromatic rings. The maximum Gasteiger partial charge on any atom is 0.407 e. The molecular formula is C11H23NO4. The molecule has 0 aliphatic carbocycles. The summed E-state index contributed by atoms with van der Waals surface area (Å²) in [6, 6.07) is 0. The van der Waals surface area contributed by atoms with Crippen LogP contribution in [0.1, 0.15) is 33.6 Å². The van der Waals surface area contributed by atoms with Crippen molar-refractivity contribution in [1.82, 2.24) is 5.32 Å². The van der Waals surface area contributed by atoms with Crippen LogP contribution in [0.2, 0.25) is 0 Å². The Bertz CT molecular complexity index is 175. The summed E-state index contributed by atoms with van der Waals surface area (Å²) in [5.41, 5.74) is 0. The van der Waals surface area contributed by atoms with E-state index in [1.54, 1.807) is 0 Å². The molecule has 0 spiro atoms. The number of nitrogens with one attached hydrogen (secondary N) is 1. The summed E-state index contributed by atoms with van der Waals surface area (Å²) in [6.07, 6.45) is 1.38. The van der Waals surface area contributed by atoms with Crippen LogP contribution in [0.4, 0.5) is 4.79 Å². The van der Waals surface area contributed by atoms with Crippen molar-refractivity contribution in [2.75, 3.05) is 26.4 Å². The van der Waals surface area contributed by atoms with Crippen molar-refractivity contribution in [3.05, 3.63) is 0 Å². The van der Waals surface area contributed by atoms with Gasteiger partial charge in [0.05, 0.1) is 6.61 Å². The molecule has 1 amide bonds. The third-order valence-corrected chi connectivity index (χ3v) is 1.87. The lowest BCUT2D eigenvalue weighted by atomic mass is 10.3. The normalized spacial score (nSPS) is 12.2. The summed E-state index contributed by atoms with van der Waals surface area (Å²) < 4.78 is 15.3. The van der Waals surface area contributed by atoms with Crippen molar-refractivity contribution in [3.63, 3.8) is 0 Å². The molecule has 0 rings (SSSR count). The number of ether oxygens (including phenoxy) is 3. The van der Waals surface area contributed by atoms with Crippen LogP contribution < -0.4 is 5.32 Å². The number of rotatable bonds is 9. The Morgan fingerprint density at radius 1 is 1.25 bits per heavy atom. The Balaban J connectivity index is 3.27. The first-order valence-corrected chi connectivity index (χ1v) is 5.84. The molecule has 0 saturated heterocycles. The van der Waals surface area contributed by atoms with E-state index in [4.69, 9.17) is 14.2 Å². The molecule has 0 saturated carbocycles. The zero-order valence-corrected chi connectivity index (χ0v) is 10.5. The number of unbranched alkanes of at least 4 members (excludes halogenated alkanes) is 1. The SMILES string of the molecule is CCCCNC(=O)OCCOC(C)OCC. The second-order valence-electron chi connectivity index (χ2n) is 3.31. The molecule has 96 valence electrons. The Hall–Kier alpha value is -0.810. The first kappa shape index (κ1) is 15.2. The third kappa shape index (κ3) is 9.73. The van der Waals surface area contributed by atoms with E-state index in [1.807, 2.05) is 13.8 Å². The number of hydrogen-bond donors (Lipinski definition) is 1.